The standard InChI is InChI=1S/C14H20F3N3/c15-14(16,17)11-20-7-5-19(6-8-20)10-13-4-2-1-3-12(13)9-18/h1-4H,5-11,18H2. The molecule has 1 aliphatic rings. The lowest BCUT2D eigenvalue weighted by Gasteiger charge is -2.35. The predicted molar refractivity (Wildman–Crippen MR) is 72.1 cm³/mol. The molecule has 0 radical (unpaired) electrons. The van der Waals surface area contributed by atoms with Crippen molar-refractivity contribution in [3.63, 3.8) is 0 Å². The zero-order chi connectivity index (χ0) is 14.6. The van der Waals surface area contributed by atoms with Crippen molar-refractivity contribution >= 4 is 0 Å². The van der Waals surface area contributed by atoms with Gasteiger partial charge in [-0.1, -0.05) is 24.3 Å². The Morgan fingerprint density at radius 2 is 1.50 bits per heavy atom. The molecule has 1 heterocycles. The lowest BCUT2D eigenvalue weighted by molar-refractivity contribution is -0.149. The van der Waals surface area contributed by atoms with E-state index in [1.165, 1.54) is 10.5 Å². The van der Waals surface area contributed by atoms with E-state index in [4.69, 9.17) is 5.73 Å². The van der Waals surface area contributed by atoms with Gasteiger partial charge in [0.1, 0.15) is 0 Å². The van der Waals surface area contributed by atoms with Crippen molar-refractivity contribution in [1.82, 2.24) is 9.80 Å². The molecule has 0 unspecified atom stereocenters. The molecule has 0 spiro atoms. The average Bonchev–Trinajstić information content (AvgIpc) is 2.40. The molecule has 1 aromatic rings. The second kappa shape index (κ2) is 6.56. The number of rotatable bonds is 4. The summed E-state index contributed by atoms with van der Waals surface area (Å²) in [5, 5.41) is 0. The molecule has 6 heteroatoms. The number of nitrogens with zero attached hydrogens (tertiary/aromatic N) is 2. The molecule has 0 amide bonds. The second-order valence-corrected chi connectivity index (χ2v) is 5.14. The number of hydrogen-bond donors (Lipinski definition) is 1. The van der Waals surface area contributed by atoms with Crippen LogP contribution in [0.15, 0.2) is 24.3 Å². The number of nitrogens with two attached hydrogens (primary N) is 1. The molecule has 0 bridgehead atoms. The zero-order valence-electron chi connectivity index (χ0n) is 11.4. The van der Waals surface area contributed by atoms with E-state index in [2.05, 4.69) is 4.90 Å². The van der Waals surface area contributed by atoms with E-state index in [0.717, 1.165) is 12.1 Å². The first-order valence-corrected chi connectivity index (χ1v) is 6.76. The fourth-order valence-electron chi connectivity index (χ4n) is 2.51. The Morgan fingerprint density at radius 3 is 2.05 bits per heavy atom. The van der Waals surface area contributed by atoms with Gasteiger partial charge in [0.25, 0.3) is 0 Å². The molecular weight excluding hydrogens is 267 g/mol. The molecule has 1 fully saturated rings. The van der Waals surface area contributed by atoms with Crippen molar-refractivity contribution in [1.29, 1.82) is 0 Å². The van der Waals surface area contributed by atoms with E-state index in [0.29, 0.717) is 32.7 Å². The predicted octanol–water partition coefficient (Wildman–Crippen LogP) is 1.83. The molecule has 0 aliphatic carbocycles. The van der Waals surface area contributed by atoms with Crippen LogP contribution < -0.4 is 5.73 Å². The number of alkyl halides is 3. The van der Waals surface area contributed by atoms with Crippen molar-refractivity contribution < 1.29 is 13.2 Å². The summed E-state index contributed by atoms with van der Waals surface area (Å²) < 4.78 is 36.9. The van der Waals surface area contributed by atoms with Crippen molar-refractivity contribution in [3.05, 3.63) is 35.4 Å². The monoisotopic (exact) mass is 287 g/mol. The Balaban J connectivity index is 1.85. The van der Waals surface area contributed by atoms with Crippen LogP contribution in [0.25, 0.3) is 0 Å². The van der Waals surface area contributed by atoms with Crippen LogP contribution in [-0.4, -0.2) is 48.7 Å². The summed E-state index contributed by atoms with van der Waals surface area (Å²) >= 11 is 0. The van der Waals surface area contributed by atoms with E-state index in [1.807, 2.05) is 24.3 Å². The van der Waals surface area contributed by atoms with Crippen molar-refractivity contribution in [2.75, 3.05) is 32.7 Å². The largest absolute Gasteiger partial charge is 0.401 e. The van der Waals surface area contributed by atoms with E-state index < -0.39 is 12.7 Å². The highest BCUT2D eigenvalue weighted by Gasteiger charge is 2.32. The normalized spacial score (nSPS) is 18.4. The van der Waals surface area contributed by atoms with Gasteiger partial charge in [-0.3, -0.25) is 9.80 Å². The molecular formula is C14H20F3N3. The second-order valence-electron chi connectivity index (χ2n) is 5.14. The Morgan fingerprint density at radius 1 is 0.950 bits per heavy atom. The highest BCUT2D eigenvalue weighted by Crippen LogP contribution is 2.18. The van der Waals surface area contributed by atoms with Crippen LogP contribution in [0.5, 0.6) is 0 Å². The summed E-state index contributed by atoms with van der Waals surface area (Å²) in [5.74, 6) is 0. The van der Waals surface area contributed by atoms with Crippen LogP contribution >= 0.6 is 0 Å². The van der Waals surface area contributed by atoms with Gasteiger partial charge in [-0.15, -0.1) is 0 Å². The summed E-state index contributed by atoms with van der Waals surface area (Å²) in [5.41, 5.74) is 7.96. The fourth-order valence-corrected chi connectivity index (χ4v) is 2.51. The van der Waals surface area contributed by atoms with E-state index in [1.54, 1.807) is 0 Å². The van der Waals surface area contributed by atoms with Crippen molar-refractivity contribution in [2.24, 2.45) is 5.73 Å². The summed E-state index contributed by atoms with van der Waals surface area (Å²) in [6.45, 7) is 2.69. The minimum absolute atomic E-state index is 0.463. The van der Waals surface area contributed by atoms with Gasteiger partial charge in [-0.05, 0) is 11.1 Å². The Kier molecular flexibility index (Phi) is 5.01. The van der Waals surface area contributed by atoms with Crippen molar-refractivity contribution in [2.45, 2.75) is 19.3 Å². The third-order valence-corrected chi connectivity index (χ3v) is 3.60. The zero-order valence-corrected chi connectivity index (χ0v) is 11.4. The minimum Gasteiger partial charge on any atom is -0.326 e. The first kappa shape index (κ1) is 15.3. The molecule has 112 valence electrons. The molecule has 3 nitrogen and oxygen atoms in total. The first-order chi connectivity index (χ1) is 9.48. The summed E-state index contributed by atoms with van der Waals surface area (Å²) in [6.07, 6.45) is -4.10. The van der Waals surface area contributed by atoms with E-state index in [-0.39, 0.29) is 0 Å². The topological polar surface area (TPSA) is 32.5 Å². The molecule has 0 saturated carbocycles. The number of hydrogen-bond acceptors (Lipinski definition) is 3. The summed E-state index contributed by atoms with van der Waals surface area (Å²) in [7, 11) is 0. The molecule has 0 atom stereocenters. The number of piperazine rings is 1. The minimum atomic E-state index is -4.10. The van der Waals surface area contributed by atoms with Gasteiger partial charge in [0, 0.05) is 39.3 Å². The highest BCUT2D eigenvalue weighted by atomic mass is 19.4. The summed E-state index contributed by atoms with van der Waals surface area (Å²) in [6, 6.07) is 7.95. The fraction of sp³-hybridized carbons (Fsp3) is 0.571. The Hall–Kier alpha value is -1.11. The molecule has 2 N–H and O–H groups in total. The molecule has 2 rings (SSSR count). The third-order valence-electron chi connectivity index (χ3n) is 3.60. The smallest absolute Gasteiger partial charge is 0.326 e. The maximum Gasteiger partial charge on any atom is 0.401 e. The van der Waals surface area contributed by atoms with Gasteiger partial charge in [-0.2, -0.15) is 13.2 Å². The molecule has 0 aromatic heterocycles. The van der Waals surface area contributed by atoms with Crippen LogP contribution in [0.3, 0.4) is 0 Å². The van der Waals surface area contributed by atoms with Gasteiger partial charge in [-0.25, -0.2) is 0 Å². The Bertz CT molecular complexity index is 426. The number of halogens is 3. The quantitative estimate of drug-likeness (QED) is 0.917. The maximum atomic E-state index is 12.3. The molecule has 1 saturated heterocycles. The summed E-state index contributed by atoms with van der Waals surface area (Å²) in [4.78, 5) is 3.65. The molecule has 20 heavy (non-hydrogen) atoms. The average molecular weight is 287 g/mol. The van der Waals surface area contributed by atoms with E-state index >= 15 is 0 Å². The SMILES string of the molecule is NCc1ccccc1CN1CCN(CC(F)(F)F)CC1. The van der Waals surface area contributed by atoms with Crippen LogP contribution in [0.2, 0.25) is 0 Å². The third kappa shape index (κ3) is 4.47. The van der Waals surface area contributed by atoms with Gasteiger partial charge in [0.05, 0.1) is 6.54 Å². The van der Waals surface area contributed by atoms with Crippen LogP contribution in [-0.2, 0) is 13.1 Å². The van der Waals surface area contributed by atoms with Crippen LogP contribution in [0.1, 0.15) is 11.1 Å². The van der Waals surface area contributed by atoms with Crippen LogP contribution in [0, 0.1) is 0 Å². The molecule has 1 aliphatic heterocycles. The molecule has 1 aromatic carbocycles. The number of benzene rings is 1. The van der Waals surface area contributed by atoms with Gasteiger partial charge in [0.15, 0.2) is 0 Å². The lowest BCUT2D eigenvalue weighted by atomic mass is 10.1. The Labute approximate surface area is 117 Å². The van der Waals surface area contributed by atoms with Gasteiger partial charge < -0.3 is 5.73 Å². The van der Waals surface area contributed by atoms with Gasteiger partial charge >= 0.3 is 6.18 Å². The van der Waals surface area contributed by atoms with Gasteiger partial charge in [0.2, 0.25) is 0 Å². The first-order valence-electron chi connectivity index (χ1n) is 6.76. The van der Waals surface area contributed by atoms with Crippen LogP contribution in [0.4, 0.5) is 13.2 Å². The van der Waals surface area contributed by atoms with E-state index in [9.17, 15) is 13.2 Å². The highest BCUT2D eigenvalue weighted by molar-refractivity contribution is 5.26. The maximum absolute atomic E-state index is 12.3. The van der Waals surface area contributed by atoms with Crippen molar-refractivity contribution in [3.8, 4) is 0 Å². The lowest BCUT2D eigenvalue weighted by Crippen LogP contribution is -2.48.